The smallest absolute Gasteiger partial charge is 0.243 e. The fraction of sp³-hybridized carbons (Fsp3) is 0.500. The van der Waals surface area contributed by atoms with Crippen molar-refractivity contribution in [1.82, 2.24) is 4.31 Å². The summed E-state index contributed by atoms with van der Waals surface area (Å²) in [5.74, 6) is 0. The lowest BCUT2D eigenvalue weighted by atomic mass is 10.0. The number of nitrogens with zero attached hydrogens (tertiary/aromatic N) is 1. The second-order valence-electron chi connectivity index (χ2n) is 4.83. The Bertz CT molecular complexity index is 579. The first-order valence-corrected chi connectivity index (χ1v) is 8.66. The van der Waals surface area contributed by atoms with Gasteiger partial charge in [0.2, 0.25) is 10.0 Å². The van der Waals surface area contributed by atoms with Gasteiger partial charge in [0.15, 0.2) is 0 Å². The number of halogens is 2. The Morgan fingerprint density at radius 2 is 2.16 bits per heavy atom. The standard InChI is InChI=1S/C12H16BrClN2O2S/c1-8-6-9(15)4-5-16(8)19(17,18)10-2-3-11(13)12(14)7-10/h2-3,7-9H,4-6,15H2,1H3/t8-,9+/m0/s1. The predicted molar refractivity (Wildman–Crippen MR) is 79.7 cm³/mol. The van der Waals surface area contributed by atoms with Gasteiger partial charge in [-0.15, -0.1) is 0 Å². The summed E-state index contributed by atoms with van der Waals surface area (Å²) in [5.41, 5.74) is 5.86. The third kappa shape index (κ3) is 3.13. The monoisotopic (exact) mass is 366 g/mol. The van der Waals surface area contributed by atoms with E-state index >= 15 is 0 Å². The molecule has 1 aromatic rings. The highest BCUT2D eigenvalue weighted by Crippen LogP contribution is 2.29. The molecule has 0 radical (unpaired) electrons. The molecule has 7 heteroatoms. The van der Waals surface area contributed by atoms with Crippen molar-refractivity contribution in [2.45, 2.75) is 36.7 Å². The van der Waals surface area contributed by atoms with Crippen molar-refractivity contribution in [3.8, 4) is 0 Å². The first kappa shape index (κ1) is 15.3. The zero-order valence-electron chi connectivity index (χ0n) is 10.5. The van der Waals surface area contributed by atoms with Gasteiger partial charge >= 0.3 is 0 Å². The van der Waals surface area contributed by atoms with Crippen LogP contribution in [0.5, 0.6) is 0 Å². The minimum Gasteiger partial charge on any atom is -0.328 e. The maximum absolute atomic E-state index is 12.6. The van der Waals surface area contributed by atoms with Gasteiger partial charge in [-0.1, -0.05) is 11.6 Å². The number of hydrogen-bond acceptors (Lipinski definition) is 3. The average molecular weight is 368 g/mol. The molecule has 106 valence electrons. The van der Waals surface area contributed by atoms with Gasteiger partial charge in [0.25, 0.3) is 0 Å². The highest BCUT2D eigenvalue weighted by atomic mass is 79.9. The highest BCUT2D eigenvalue weighted by Gasteiger charge is 2.33. The van der Waals surface area contributed by atoms with Crippen LogP contribution in [0.4, 0.5) is 0 Å². The summed E-state index contributed by atoms with van der Waals surface area (Å²) in [6, 6.07) is 4.68. The predicted octanol–water partition coefficient (Wildman–Crippen LogP) is 2.60. The Morgan fingerprint density at radius 1 is 1.47 bits per heavy atom. The second-order valence-corrected chi connectivity index (χ2v) is 7.98. The topological polar surface area (TPSA) is 63.4 Å². The summed E-state index contributed by atoms with van der Waals surface area (Å²) in [6.45, 7) is 2.34. The lowest BCUT2D eigenvalue weighted by Gasteiger charge is -2.35. The van der Waals surface area contributed by atoms with Crippen molar-refractivity contribution in [2.24, 2.45) is 5.73 Å². The number of rotatable bonds is 2. The molecule has 2 rings (SSSR count). The van der Waals surface area contributed by atoms with Gasteiger partial charge in [0.05, 0.1) is 9.92 Å². The molecule has 0 amide bonds. The molecule has 4 nitrogen and oxygen atoms in total. The molecule has 0 spiro atoms. The number of sulfonamides is 1. The minimum atomic E-state index is -3.50. The van der Waals surface area contributed by atoms with Crippen LogP contribution in [0.15, 0.2) is 27.6 Å². The van der Waals surface area contributed by atoms with Crippen LogP contribution in [-0.2, 0) is 10.0 Å². The molecule has 0 aromatic heterocycles. The molecular weight excluding hydrogens is 352 g/mol. The Kier molecular flexibility index (Phi) is 4.57. The summed E-state index contributed by atoms with van der Waals surface area (Å²) in [5, 5.41) is 0.391. The van der Waals surface area contributed by atoms with E-state index in [1.807, 2.05) is 6.92 Å². The van der Waals surface area contributed by atoms with Crippen molar-refractivity contribution >= 4 is 37.6 Å². The third-order valence-electron chi connectivity index (χ3n) is 3.35. The molecule has 2 atom stereocenters. The van der Waals surface area contributed by atoms with E-state index in [-0.39, 0.29) is 17.0 Å². The van der Waals surface area contributed by atoms with E-state index in [1.165, 1.54) is 10.4 Å². The van der Waals surface area contributed by atoms with E-state index < -0.39 is 10.0 Å². The SMILES string of the molecule is C[C@H]1C[C@H](N)CCN1S(=O)(=O)c1ccc(Br)c(Cl)c1. The van der Waals surface area contributed by atoms with Crippen LogP contribution < -0.4 is 5.73 Å². The lowest BCUT2D eigenvalue weighted by molar-refractivity contribution is 0.247. The van der Waals surface area contributed by atoms with Crippen molar-refractivity contribution in [3.05, 3.63) is 27.7 Å². The summed E-state index contributed by atoms with van der Waals surface area (Å²) < 4.78 is 27.4. The van der Waals surface area contributed by atoms with Crippen molar-refractivity contribution < 1.29 is 8.42 Å². The number of benzene rings is 1. The van der Waals surface area contributed by atoms with Crippen LogP contribution in [-0.4, -0.2) is 31.4 Å². The molecule has 1 fully saturated rings. The quantitative estimate of drug-likeness (QED) is 0.874. The lowest BCUT2D eigenvalue weighted by Crippen LogP contribution is -2.48. The number of nitrogens with two attached hydrogens (primary N) is 1. The van der Waals surface area contributed by atoms with Gasteiger partial charge in [0.1, 0.15) is 0 Å². The molecule has 1 aliphatic heterocycles. The summed E-state index contributed by atoms with van der Waals surface area (Å²) in [7, 11) is -3.50. The summed E-state index contributed by atoms with van der Waals surface area (Å²) in [6.07, 6.45) is 1.37. The molecule has 1 saturated heterocycles. The van der Waals surface area contributed by atoms with Gasteiger partial charge in [-0.2, -0.15) is 4.31 Å². The Balaban J connectivity index is 2.34. The van der Waals surface area contributed by atoms with Crippen LogP contribution in [0.3, 0.4) is 0 Å². The van der Waals surface area contributed by atoms with Crippen LogP contribution in [0.2, 0.25) is 5.02 Å². The fourth-order valence-corrected chi connectivity index (χ4v) is 4.49. The average Bonchev–Trinajstić information content (AvgIpc) is 2.32. The van der Waals surface area contributed by atoms with Gasteiger partial charge in [0, 0.05) is 23.1 Å². The van der Waals surface area contributed by atoms with Gasteiger partial charge < -0.3 is 5.73 Å². The maximum atomic E-state index is 12.6. The van der Waals surface area contributed by atoms with E-state index in [1.54, 1.807) is 12.1 Å². The third-order valence-corrected chi connectivity index (χ3v) is 6.60. The highest BCUT2D eigenvalue weighted by molar-refractivity contribution is 9.10. The van der Waals surface area contributed by atoms with E-state index in [4.69, 9.17) is 17.3 Å². The summed E-state index contributed by atoms with van der Waals surface area (Å²) in [4.78, 5) is 0.225. The van der Waals surface area contributed by atoms with Crippen molar-refractivity contribution in [3.63, 3.8) is 0 Å². The summed E-state index contributed by atoms with van der Waals surface area (Å²) >= 11 is 9.22. The van der Waals surface area contributed by atoms with Crippen molar-refractivity contribution in [1.29, 1.82) is 0 Å². The van der Waals surface area contributed by atoms with E-state index in [9.17, 15) is 8.42 Å². The Morgan fingerprint density at radius 3 is 2.74 bits per heavy atom. The Hall–Kier alpha value is -0.140. The van der Waals surface area contributed by atoms with Crippen molar-refractivity contribution in [2.75, 3.05) is 6.54 Å². The molecule has 1 aliphatic rings. The largest absolute Gasteiger partial charge is 0.328 e. The normalized spacial score (nSPS) is 25.5. The molecule has 0 saturated carbocycles. The fourth-order valence-electron chi connectivity index (χ4n) is 2.32. The molecule has 1 aromatic carbocycles. The van der Waals surface area contributed by atoms with Gasteiger partial charge in [-0.25, -0.2) is 8.42 Å². The first-order valence-electron chi connectivity index (χ1n) is 6.05. The molecule has 0 aliphatic carbocycles. The van der Waals surface area contributed by atoms with Crippen LogP contribution in [0.25, 0.3) is 0 Å². The van der Waals surface area contributed by atoms with Crippen LogP contribution in [0.1, 0.15) is 19.8 Å². The van der Waals surface area contributed by atoms with Crippen LogP contribution >= 0.6 is 27.5 Å². The van der Waals surface area contributed by atoms with Crippen LogP contribution in [0, 0.1) is 0 Å². The Labute approximate surface area is 127 Å². The number of piperidine rings is 1. The minimum absolute atomic E-state index is 0.0787. The molecule has 0 unspecified atom stereocenters. The van der Waals surface area contributed by atoms with Gasteiger partial charge in [-0.3, -0.25) is 0 Å². The second kappa shape index (κ2) is 5.69. The van der Waals surface area contributed by atoms with E-state index in [0.29, 0.717) is 28.9 Å². The number of hydrogen-bond donors (Lipinski definition) is 1. The molecule has 0 bridgehead atoms. The molecule has 1 heterocycles. The molecule has 19 heavy (non-hydrogen) atoms. The van der Waals surface area contributed by atoms with E-state index in [0.717, 1.165) is 0 Å². The van der Waals surface area contributed by atoms with Gasteiger partial charge in [-0.05, 0) is 53.9 Å². The molecule has 2 N–H and O–H groups in total. The zero-order valence-corrected chi connectivity index (χ0v) is 13.7. The zero-order chi connectivity index (χ0) is 14.2. The van der Waals surface area contributed by atoms with E-state index in [2.05, 4.69) is 15.9 Å². The maximum Gasteiger partial charge on any atom is 0.243 e. The first-order chi connectivity index (χ1) is 8.82. The molecular formula is C12H16BrClN2O2S.